The van der Waals surface area contributed by atoms with E-state index in [1.54, 1.807) is 0 Å². The Balaban J connectivity index is 1.79. The van der Waals surface area contributed by atoms with E-state index in [9.17, 15) is 0 Å². The molecule has 2 nitrogen and oxygen atoms in total. The first kappa shape index (κ1) is 10.8. The molecule has 3 rings (SSSR count). The molecule has 1 aliphatic carbocycles. The Labute approximate surface area is 106 Å². The van der Waals surface area contributed by atoms with Crippen molar-refractivity contribution in [1.29, 1.82) is 0 Å². The number of nitrogens with zero attached hydrogens (tertiary/aromatic N) is 1. The van der Waals surface area contributed by atoms with Crippen LogP contribution in [0.15, 0.2) is 35.8 Å². The Kier molecular flexibility index (Phi) is 2.85. The van der Waals surface area contributed by atoms with E-state index in [1.165, 1.54) is 17.7 Å². The third-order valence-electron chi connectivity index (χ3n) is 3.18. The Morgan fingerprint density at radius 3 is 2.82 bits per heavy atom. The van der Waals surface area contributed by atoms with Crippen molar-refractivity contribution in [2.45, 2.75) is 25.8 Å². The molecule has 1 saturated carbocycles. The molecule has 0 spiro atoms. The molecule has 2 aromatic heterocycles. The van der Waals surface area contributed by atoms with Gasteiger partial charge in [0.1, 0.15) is 0 Å². The van der Waals surface area contributed by atoms with E-state index in [0.717, 1.165) is 17.3 Å². The second-order valence-electron chi connectivity index (χ2n) is 4.66. The fourth-order valence-corrected chi connectivity index (χ4v) is 2.92. The third kappa shape index (κ3) is 2.50. The predicted octanol–water partition coefficient (Wildman–Crippen LogP) is 4.01. The fraction of sp³-hybridized carbons (Fsp3) is 0.357. The summed E-state index contributed by atoms with van der Waals surface area (Å²) in [6.45, 7) is 2.02. The lowest BCUT2D eigenvalue weighted by Crippen LogP contribution is -2.11. The van der Waals surface area contributed by atoms with Crippen LogP contribution in [0.1, 0.15) is 29.5 Å². The molecule has 2 aromatic rings. The number of rotatable bonds is 4. The van der Waals surface area contributed by atoms with E-state index in [2.05, 4.69) is 39.9 Å². The standard InChI is InChI=1S/C14H16N2S/c1-10-4-7-12(9-15-10)16-14(11-5-6-11)13-3-2-8-17-13/h2-4,7-9,11,14,16H,5-6H2,1H3. The van der Waals surface area contributed by atoms with E-state index >= 15 is 0 Å². The van der Waals surface area contributed by atoms with Gasteiger partial charge in [-0.25, -0.2) is 0 Å². The van der Waals surface area contributed by atoms with Crippen LogP contribution in [0.25, 0.3) is 0 Å². The summed E-state index contributed by atoms with van der Waals surface area (Å²) < 4.78 is 0. The van der Waals surface area contributed by atoms with Gasteiger partial charge in [-0.3, -0.25) is 4.98 Å². The highest BCUT2D eigenvalue weighted by atomic mass is 32.1. The minimum Gasteiger partial charge on any atom is -0.376 e. The monoisotopic (exact) mass is 244 g/mol. The maximum absolute atomic E-state index is 4.33. The molecule has 0 saturated heterocycles. The van der Waals surface area contributed by atoms with E-state index in [0.29, 0.717) is 6.04 Å². The normalized spacial score (nSPS) is 16.8. The zero-order valence-corrected chi connectivity index (χ0v) is 10.7. The third-order valence-corrected chi connectivity index (χ3v) is 4.13. The average molecular weight is 244 g/mol. The molecule has 1 atom stereocenters. The topological polar surface area (TPSA) is 24.9 Å². The zero-order valence-electron chi connectivity index (χ0n) is 9.89. The quantitative estimate of drug-likeness (QED) is 0.878. The average Bonchev–Trinajstić information content (AvgIpc) is 3.03. The molecule has 2 heterocycles. The highest BCUT2D eigenvalue weighted by Crippen LogP contribution is 2.44. The molecule has 1 N–H and O–H groups in total. The summed E-state index contributed by atoms with van der Waals surface area (Å²) in [4.78, 5) is 5.77. The van der Waals surface area contributed by atoms with Crippen LogP contribution in [0.2, 0.25) is 0 Å². The summed E-state index contributed by atoms with van der Waals surface area (Å²) in [6.07, 6.45) is 4.61. The summed E-state index contributed by atoms with van der Waals surface area (Å²) in [5, 5.41) is 5.77. The van der Waals surface area contributed by atoms with Gasteiger partial charge in [0.2, 0.25) is 0 Å². The summed E-state index contributed by atoms with van der Waals surface area (Å²) in [5.74, 6) is 0.801. The molecule has 1 fully saturated rings. The van der Waals surface area contributed by atoms with Crippen LogP contribution in [-0.4, -0.2) is 4.98 Å². The molecule has 88 valence electrons. The Morgan fingerprint density at radius 1 is 1.35 bits per heavy atom. The van der Waals surface area contributed by atoms with Crippen LogP contribution in [-0.2, 0) is 0 Å². The van der Waals surface area contributed by atoms with E-state index < -0.39 is 0 Å². The van der Waals surface area contributed by atoms with Crippen molar-refractivity contribution in [3.63, 3.8) is 0 Å². The summed E-state index contributed by atoms with van der Waals surface area (Å²) in [5.41, 5.74) is 2.19. The molecular formula is C14H16N2S. The molecule has 0 amide bonds. The molecule has 3 heteroatoms. The van der Waals surface area contributed by atoms with Crippen LogP contribution < -0.4 is 5.32 Å². The van der Waals surface area contributed by atoms with Gasteiger partial charge in [-0.1, -0.05) is 6.07 Å². The Hall–Kier alpha value is -1.35. The van der Waals surface area contributed by atoms with Crippen LogP contribution in [0.5, 0.6) is 0 Å². The SMILES string of the molecule is Cc1ccc(NC(c2cccs2)C2CC2)cn1. The molecule has 0 aliphatic heterocycles. The van der Waals surface area contributed by atoms with Crippen molar-refractivity contribution in [3.05, 3.63) is 46.4 Å². The van der Waals surface area contributed by atoms with E-state index in [1.807, 2.05) is 24.5 Å². The number of aromatic nitrogens is 1. The Morgan fingerprint density at radius 2 is 2.24 bits per heavy atom. The first-order valence-electron chi connectivity index (χ1n) is 6.05. The molecule has 1 aliphatic rings. The highest BCUT2D eigenvalue weighted by molar-refractivity contribution is 7.10. The number of hydrogen-bond donors (Lipinski definition) is 1. The molecule has 0 aromatic carbocycles. The number of nitrogens with one attached hydrogen (secondary N) is 1. The van der Waals surface area contributed by atoms with Crippen molar-refractivity contribution in [2.75, 3.05) is 5.32 Å². The van der Waals surface area contributed by atoms with Crippen molar-refractivity contribution in [1.82, 2.24) is 4.98 Å². The maximum atomic E-state index is 4.33. The van der Waals surface area contributed by atoms with Gasteiger partial charge in [0.05, 0.1) is 17.9 Å². The van der Waals surface area contributed by atoms with Gasteiger partial charge >= 0.3 is 0 Å². The number of anilines is 1. The van der Waals surface area contributed by atoms with Crippen molar-refractivity contribution < 1.29 is 0 Å². The van der Waals surface area contributed by atoms with Gasteiger partial charge in [0.15, 0.2) is 0 Å². The van der Waals surface area contributed by atoms with Gasteiger partial charge in [-0.05, 0) is 49.3 Å². The lowest BCUT2D eigenvalue weighted by atomic mass is 10.1. The zero-order chi connectivity index (χ0) is 11.7. The van der Waals surface area contributed by atoms with Gasteiger partial charge in [-0.2, -0.15) is 0 Å². The lowest BCUT2D eigenvalue weighted by Gasteiger charge is -2.18. The molecule has 0 radical (unpaired) electrons. The number of pyridine rings is 1. The minimum atomic E-state index is 0.472. The molecule has 17 heavy (non-hydrogen) atoms. The van der Waals surface area contributed by atoms with Gasteiger partial charge in [-0.15, -0.1) is 11.3 Å². The largest absolute Gasteiger partial charge is 0.376 e. The van der Waals surface area contributed by atoms with Crippen LogP contribution in [0.3, 0.4) is 0 Å². The summed E-state index contributed by atoms with van der Waals surface area (Å²) in [6, 6.07) is 9.00. The molecule has 0 bridgehead atoms. The second kappa shape index (κ2) is 4.49. The highest BCUT2D eigenvalue weighted by Gasteiger charge is 2.32. The Bertz CT molecular complexity index is 471. The van der Waals surface area contributed by atoms with Crippen LogP contribution >= 0.6 is 11.3 Å². The van der Waals surface area contributed by atoms with Gasteiger partial charge < -0.3 is 5.32 Å². The molecular weight excluding hydrogens is 228 g/mol. The van der Waals surface area contributed by atoms with Crippen molar-refractivity contribution in [3.8, 4) is 0 Å². The fourth-order valence-electron chi connectivity index (χ4n) is 2.05. The number of thiophene rings is 1. The first-order valence-corrected chi connectivity index (χ1v) is 6.93. The predicted molar refractivity (Wildman–Crippen MR) is 72.4 cm³/mol. The van der Waals surface area contributed by atoms with Gasteiger partial charge in [0, 0.05) is 10.6 Å². The van der Waals surface area contributed by atoms with Crippen LogP contribution in [0, 0.1) is 12.8 Å². The van der Waals surface area contributed by atoms with Crippen LogP contribution in [0.4, 0.5) is 5.69 Å². The summed E-state index contributed by atoms with van der Waals surface area (Å²) >= 11 is 1.84. The molecule has 1 unspecified atom stereocenters. The van der Waals surface area contributed by atoms with Crippen molar-refractivity contribution in [2.24, 2.45) is 5.92 Å². The first-order chi connectivity index (χ1) is 8.33. The van der Waals surface area contributed by atoms with Crippen molar-refractivity contribution >= 4 is 17.0 Å². The smallest absolute Gasteiger partial charge is 0.0635 e. The van der Waals surface area contributed by atoms with Gasteiger partial charge in [0.25, 0.3) is 0 Å². The lowest BCUT2D eigenvalue weighted by molar-refractivity contribution is 0.690. The number of hydrogen-bond acceptors (Lipinski definition) is 3. The maximum Gasteiger partial charge on any atom is 0.0635 e. The van der Waals surface area contributed by atoms with E-state index in [-0.39, 0.29) is 0 Å². The number of aryl methyl sites for hydroxylation is 1. The second-order valence-corrected chi connectivity index (χ2v) is 5.64. The minimum absolute atomic E-state index is 0.472. The summed E-state index contributed by atoms with van der Waals surface area (Å²) in [7, 11) is 0. The van der Waals surface area contributed by atoms with E-state index in [4.69, 9.17) is 0 Å².